The highest BCUT2D eigenvalue weighted by Crippen LogP contribution is 2.71. The highest BCUT2D eigenvalue weighted by molar-refractivity contribution is 5.95. The van der Waals surface area contributed by atoms with Gasteiger partial charge in [-0.3, -0.25) is 14.4 Å². The number of carbonyl (C=O) groups is 3. The molecule has 1 amide bonds. The smallest absolute Gasteiger partial charge is 0.302 e. The van der Waals surface area contributed by atoms with Gasteiger partial charge in [-0.1, -0.05) is 54.0 Å². The molecule has 0 aromatic heterocycles. The Morgan fingerprint density at radius 1 is 0.975 bits per heavy atom. The molecule has 0 bridgehead atoms. The van der Waals surface area contributed by atoms with E-state index in [0.717, 1.165) is 57.8 Å². The average Bonchev–Trinajstić information content (AvgIpc) is 2.85. The van der Waals surface area contributed by atoms with Gasteiger partial charge in [-0.25, -0.2) is 0 Å². The Labute approximate surface area is 246 Å². The van der Waals surface area contributed by atoms with Crippen molar-refractivity contribution in [1.82, 2.24) is 5.32 Å². The molecule has 40 heavy (non-hydrogen) atoms. The number of ketones is 1. The number of allylic oxidation sites excluding steroid dienone is 2. The van der Waals surface area contributed by atoms with Crippen LogP contribution in [0.1, 0.15) is 129 Å². The van der Waals surface area contributed by atoms with Gasteiger partial charge in [0.15, 0.2) is 5.78 Å². The minimum absolute atomic E-state index is 0. The Morgan fingerprint density at radius 3 is 2.30 bits per heavy atom. The second-order valence-electron chi connectivity index (χ2n) is 16.4. The number of hydrogen-bond acceptors (Lipinski definition) is 4. The van der Waals surface area contributed by atoms with Crippen LogP contribution in [0, 0.1) is 50.7 Å². The van der Waals surface area contributed by atoms with Crippen molar-refractivity contribution in [3.63, 3.8) is 0 Å². The first-order valence-corrected chi connectivity index (χ1v) is 16.3. The molecule has 0 spiro atoms. The molecule has 4 fully saturated rings. The van der Waals surface area contributed by atoms with Gasteiger partial charge in [-0.2, -0.15) is 0 Å². The largest absolute Gasteiger partial charge is 0.462 e. The van der Waals surface area contributed by atoms with Crippen molar-refractivity contribution in [2.24, 2.45) is 50.7 Å². The van der Waals surface area contributed by atoms with Crippen LogP contribution in [0.15, 0.2) is 11.6 Å². The van der Waals surface area contributed by atoms with Gasteiger partial charge in [-0.05, 0) is 111 Å². The number of fused-ring (bicyclic) bond motifs is 7. The van der Waals surface area contributed by atoms with E-state index in [1.54, 1.807) is 0 Å². The lowest BCUT2D eigenvalue weighted by Gasteiger charge is -2.67. The zero-order valence-corrected chi connectivity index (χ0v) is 26.7. The van der Waals surface area contributed by atoms with Gasteiger partial charge < -0.3 is 10.1 Å². The minimum atomic E-state index is -0.389. The Morgan fingerprint density at radius 2 is 1.65 bits per heavy atom. The molecule has 5 heteroatoms. The van der Waals surface area contributed by atoms with E-state index in [2.05, 4.69) is 66.8 Å². The molecule has 1 N–H and O–H groups in total. The number of amides is 1. The molecule has 5 nitrogen and oxygen atoms in total. The average molecular weight is 558 g/mol. The van der Waals surface area contributed by atoms with Gasteiger partial charge >= 0.3 is 5.97 Å². The topological polar surface area (TPSA) is 72.5 Å². The molecule has 0 aliphatic heterocycles. The Balaban J connectivity index is 0.00000242. The van der Waals surface area contributed by atoms with Gasteiger partial charge in [0, 0.05) is 32.6 Å². The van der Waals surface area contributed by atoms with Crippen LogP contribution in [-0.4, -0.2) is 29.8 Å². The molecule has 5 rings (SSSR count). The molecule has 4 saturated carbocycles. The van der Waals surface area contributed by atoms with E-state index in [1.165, 1.54) is 18.9 Å². The molecule has 5 aliphatic rings. The van der Waals surface area contributed by atoms with E-state index in [4.69, 9.17) is 4.74 Å². The maximum absolute atomic E-state index is 14.4. The van der Waals surface area contributed by atoms with Gasteiger partial charge in [0.1, 0.15) is 6.10 Å². The van der Waals surface area contributed by atoms with Crippen molar-refractivity contribution in [1.29, 1.82) is 0 Å². The summed E-state index contributed by atoms with van der Waals surface area (Å²) in [6, 6.07) is 0.183. The van der Waals surface area contributed by atoms with Gasteiger partial charge in [0.2, 0.25) is 5.91 Å². The van der Waals surface area contributed by atoms with Crippen molar-refractivity contribution >= 4 is 17.7 Å². The fourth-order valence-corrected chi connectivity index (χ4v) is 11.0. The van der Waals surface area contributed by atoms with Crippen LogP contribution in [0.25, 0.3) is 0 Å². The minimum Gasteiger partial charge on any atom is -0.462 e. The predicted octanol–water partition coefficient (Wildman–Crippen LogP) is 7.92. The van der Waals surface area contributed by atoms with Crippen LogP contribution < -0.4 is 5.32 Å². The normalized spacial score (nSPS) is 46.5. The molecule has 0 saturated heterocycles. The first-order valence-electron chi connectivity index (χ1n) is 16.3. The van der Waals surface area contributed by atoms with Crippen molar-refractivity contribution in [3.8, 4) is 0 Å². The summed E-state index contributed by atoms with van der Waals surface area (Å²) in [5.74, 6) is 1.34. The third-order valence-electron chi connectivity index (χ3n) is 13.5. The Hall–Kier alpha value is -1.65. The summed E-state index contributed by atoms with van der Waals surface area (Å²) in [5, 5.41) is 3.28. The standard InChI is InChI=1S/C35H55NO4.2H2/c1-10-21(2)36-30(39)33(7)18-17-32(6)14-11-24-23(25(32)20-33)19-26(38)29-34(24,8)15-12-27-31(4,5)28(40-22(3)37)13-16-35(27,29)9;;/h19,21,24-25,27-29H,10-18,20H2,1-9H3,(H,36,39);2*1H/t21?,24?,25-,27?,28-,29?,32-,33-,34-,35-;;/m0../s1. The highest BCUT2D eigenvalue weighted by Gasteiger charge is 2.67. The number of carbonyl (C=O) groups excluding carboxylic acids is 3. The Bertz CT molecular complexity index is 1120. The molecule has 5 aliphatic carbocycles. The van der Waals surface area contributed by atoms with Crippen molar-refractivity contribution in [3.05, 3.63) is 11.6 Å². The van der Waals surface area contributed by atoms with E-state index >= 15 is 0 Å². The summed E-state index contributed by atoms with van der Waals surface area (Å²) in [4.78, 5) is 39.9. The Kier molecular flexibility index (Phi) is 7.23. The molecular formula is C35H59NO4. The summed E-state index contributed by atoms with van der Waals surface area (Å²) >= 11 is 0. The summed E-state index contributed by atoms with van der Waals surface area (Å²) in [6.45, 7) is 19.7. The second-order valence-corrected chi connectivity index (χ2v) is 16.4. The van der Waals surface area contributed by atoms with Crippen molar-refractivity contribution in [2.75, 3.05) is 0 Å². The molecule has 4 unspecified atom stereocenters. The van der Waals surface area contributed by atoms with E-state index in [0.29, 0.717) is 17.6 Å². The predicted molar refractivity (Wildman–Crippen MR) is 162 cm³/mol. The second kappa shape index (κ2) is 9.69. The zero-order chi connectivity index (χ0) is 29.5. The number of ether oxygens (including phenoxy) is 1. The lowest BCUT2D eigenvalue weighted by Crippen LogP contribution is -2.64. The fraction of sp³-hybridized carbons (Fsp3) is 0.857. The van der Waals surface area contributed by atoms with E-state index in [9.17, 15) is 14.4 Å². The quantitative estimate of drug-likeness (QED) is 0.356. The molecule has 10 atom stereocenters. The lowest BCUT2D eigenvalue weighted by molar-refractivity contribution is -0.200. The van der Waals surface area contributed by atoms with Crippen LogP contribution in [0.5, 0.6) is 0 Å². The van der Waals surface area contributed by atoms with Crippen LogP contribution in [0.4, 0.5) is 0 Å². The van der Waals surface area contributed by atoms with Crippen LogP contribution >= 0.6 is 0 Å². The maximum atomic E-state index is 14.4. The number of rotatable bonds is 4. The first kappa shape index (κ1) is 29.8. The van der Waals surface area contributed by atoms with Gasteiger partial charge in [-0.15, -0.1) is 0 Å². The lowest BCUT2D eigenvalue weighted by atomic mass is 9.37. The third kappa shape index (κ3) is 4.34. The number of nitrogens with one attached hydrogen (secondary N) is 1. The summed E-state index contributed by atoms with van der Waals surface area (Å²) < 4.78 is 5.85. The van der Waals surface area contributed by atoms with Gasteiger partial charge in [0.25, 0.3) is 0 Å². The van der Waals surface area contributed by atoms with Crippen molar-refractivity contribution in [2.45, 2.75) is 139 Å². The van der Waals surface area contributed by atoms with E-state index < -0.39 is 0 Å². The van der Waals surface area contributed by atoms with Crippen LogP contribution in [0.2, 0.25) is 0 Å². The van der Waals surface area contributed by atoms with Crippen molar-refractivity contribution < 1.29 is 22.0 Å². The number of esters is 1. The summed E-state index contributed by atoms with van der Waals surface area (Å²) in [6.07, 6.45) is 11.9. The molecular weight excluding hydrogens is 498 g/mol. The molecule has 0 aromatic rings. The van der Waals surface area contributed by atoms with Crippen LogP contribution in [0.3, 0.4) is 0 Å². The fourth-order valence-electron chi connectivity index (χ4n) is 11.0. The summed E-state index contributed by atoms with van der Waals surface area (Å²) in [7, 11) is 0. The first-order chi connectivity index (χ1) is 18.5. The maximum Gasteiger partial charge on any atom is 0.302 e. The van der Waals surface area contributed by atoms with Gasteiger partial charge in [0.05, 0.1) is 0 Å². The molecule has 0 radical (unpaired) electrons. The van der Waals surface area contributed by atoms with E-state index in [-0.39, 0.29) is 65.8 Å². The van der Waals surface area contributed by atoms with E-state index in [1.807, 2.05) is 0 Å². The van der Waals surface area contributed by atoms with Crippen LogP contribution in [-0.2, 0) is 19.1 Å². The number of hydrogen-bond donors (Lipinski definition) is 1. The molecule has 0 aromatic carbocycles. The molecule has 228 valence electrons. The monoisotopic (exact) mass is 557 g/mol. The summed E-state index contributed by atoms with van der Waals surface area (Å²) in [5.41, 5.74) is 0.806. The SMILES string of the molecule is CCC(C)NC(=O)[C@@]1(C)CC[C@]2(C)CCC3C(=CC(=O)C4[C@@]3(C)CCC3C(C)(C)[C@@H](OC(C)=O)CC[C@@]34C)[C@@H]2C1.[HH].[HH]. The highest BCUT2D eigenvalue weighted by atomic mass is 16.5. The third-order valence-corrected chi connectivity index (χ3v) is 13.5. The zero-order valence-electron chi connectivity index (χ0n) is 26.7. The molecule has 0 heterocycles.